The van der Waals surface area contributed by atoms with Crippen LogP contribution < -0.4 is 30.4 Å². The largest absolute Gasteiger partial charge is 0.497 e. The van der Waals surface area contributed by atoms with E-state index in [0.717, 1.165) is 10.5 Å². The fraction of sp³-hybridized carbons (Fsp3) is 0.0976. The lowest BCUT2D eigenvalue weighted by atomic mass is 10.1. The minimum Gasteiger partial charge on any atom is -0.497 e. The highest BCUT2D eigenvalue weighted by molar-refractivity contribution is 8.00. The first kappa shape index (κ1) is 36.1. The number of rotatable bonds is 12. The first-order valence-corrected chi connectivity index (χ1v) is 17.4. The molecule has 5 aromatic rings. The number of nitrogens with zero attached hydrogens (tertiary/aromatic N) is 2. The quantitative estimate of drug-likeness (QED) is 0.0949. The Labute approximate surface area is 310 Å². The zero-order chi connectivity index (χ0) is 37.2. The number of nitrogens with one attached hydrogen (secondary N) is 3. The molecule has 266 valence electrons. The van der Waals surface area contributed by atoms with E-state index in [-0.39, 0.29) is 29.8 Å². The zero-order valence-corrected chi connectivity index (χ0v) is 29.6. The summed E-state index contributed by atoms with van der Waals surface area (Å²) in [4.78, 5) is 54.0. The number of hydrazone groups is 1. The molecule has 1 aliphatic rings. The van der Waals surface area contributed by atoms with Crippen LogP contribution in [0, 0.1) is 0 Å². The van der Waals surface area contributed by atoms with Crippen molar-refractivity contribution in [1.29, 1.82) is 0 Å². The van der Waals surface area contributed by atoms with Gasteiger partial charge in [0.1, 0.15) is 28.3 Å². The van der Waals surface area contributed by atoms with Gasteiger partial charge in [0, 0.05) is 27.8 Å². The molecule has 4 amide bonds. The summed E-state index contributed by atoms with van der Waals surface area (Å²) in [5, 5.41) is 13.4. The minimum absolute atomic E-state index is 0.0132. The molecule has 5 aromatic carbocycles. The van der Waals surface area contributed by atoms with E-state index in [1.54, 1.807) is 84.9 Å². The number of anilines is 2. The fourth-order valence-corrected chi connectivity index (χ4v) is 6.39. The van der Waals surface area contributed by atoms with E-state index in [0.29, 0.717) is 34.0 Å². The van der Waals surface area contributed by atoms with Crippen LogP contribution in [0.2, 0.25) is 0 Å². The number of amides is 4. The van der Waals surface area contributed by atoms with E-state index in [1.807, 2.05) is 48.5 Å². The van der Waals surface area contributed by atoms with Gasteiger partial charge in [-0.1, -0.05) is 66.7 Å². The molecule has 12 heteroatoms. The lowest BCUT2D eigenvalue weighted by Gasteiger charge is -2.17. The van der Waals surface area contributed by atoms with Gasteiger partial charge < -0.3 is 25.4 Å². The van der Waals surface area contributed by atoms with Crippen LogP contribution in [0.1, 0.15) is 33.2 Å². The van der Waals surface area contributed by atoms with Crippen molar-refractivity contribution in [2.45, 2.75) is 16.6 Å². The van der Waals surface area contributed by atoms with Crippen molar-refractivity contribution < 1.29 is 28.7 Å². The number of carbonyl (C=O) groups excluding carboxylic acids is 4. The first-order valence-electron chi connectivity index (χ1n) is 16.5. The first-order chi connectivity index (χ1) is 25.8. The highest BCUT2D eigenvalue weighted by Gasteiger charge is 2.29. The van der Waals surface area contributed by atoms with E-state index in [4.69, 9.17) is 9.47 Å². The average Bonchev–Trinajstić information content (AvgIpc) is 3.57. The Balaban J connectivity index is 1.19. The van der Waals surface area contributed by atoms with E-state index >= 15 is 0 Å². The molecule has 53 heavy (non-hydrogen) atoms. The molecule has 11 nitrogen and oxygen atoms in total. The second-order valence-corrected chi connectivity index (χ2v) is 12.8. The SMILES string of the molecule is COc1ccc(/C=C(\NC(=O)c2ccccc2)C(=O)Nc2ccc(SC(C(=O)NC3=NN(c4ccccc4)C(=O)C3)c3ccccc3)cc2)c(OC)c1. The van der Waals surface area contributed by atoms with Crippen LogP contribution in [0.5, 0.6) is 11.5 Å². The maximum Gasteiger partial charge on any atom is 0.272 e. The summed E-state index contributed by atoms with van der Waals surface area (Å²) in [7, 11) is 3.04. The zero-order valence-electron chi connectivity index (χ0n) is 28.8. The molecule has 6 rings (SSSR count). The van der Waals surface area contributed by atoms with Crippen molar-refractivity contribution >= 4 is 58.7 Å². The summed E-state index contributed by atoms with van der Waals surface area (Å²) < 4.78 is 10.8. The number of para-hydroxylation sites is 1. The monoisotopic (exact) mass is 725 g/mol. The van der Waals surface area contributed by atoms with Crippen molar-refractivity contribution in [3.63, 3.8) is 0 Å². The van der Waals surface area contributed by atoms with E-state index in [1.165, 1.54) is 37.1 Å². The number of hydrogen-bond donors (Lipinski definition) is 3. The maximum absolute atomic E-state index is 13.7. The van der Waals surface area contributed by atoms with Crippen LogP contribution in [-0.4, -0.2) is 43.7 Å². The van der Waals surface area contributed by atoms with Crippen molar-refractivity contribution in [1.82, 2.24) is 10.6 Å². The lowest BCUT2D eigenvalue weighted by molar-refractivity contribution is -0.119. The van der Waals surface area contributed by atoms with Crippen molar-refractivity contribution in [3.05, 3.63) is 156 Å². The van der Waals surface area contributed by atoms with Crippen LogP contribution >= 0.6 is 11.8 Å². The predicted octanol–water partition coefficient (Wildman–Crippen LogP) is 6.81. The number of carbonyl (C=O) groups is 4. The van der Waals surface area contributed by atoms with Gasteiger partial charge in [-0.15, -0.1) is 11.8 Å². The normalized spacial score (nSPS) is 13.1. The summed E-state index contributed by atoms with van der Waals surface area (Å²) >= 11 is 1.31. The molecule has 3 N–H and O–H groups in total. The Hall–Kier alpha value is -6.66. The Morgan fingerprint density at radius 2 is 1.45 bits per heavy atom. The number of methoxy groups -OCH3 is 2. The average molecular weight is 726 g/mol. The Morgan fingerprint density at radius 1 is 0.792 bits per heavy atom. The highest BCUT2D eigenvalue weighted by atomic mass is 32.2. The van der Waals surface area contributed by atoms with Crippen LogP contribution in [0.25, 0.3) is 6.08 Å². The summed E-state index contributed by atoms with van der Waals surface area (Å²) in [6.07, 6.45) is 1.50. The highest BCUT2D eigenvalue weighted by Crippen LogP contribution is 2.36. The number of thioether (sulfide) groups is 1. The Bertz CT molecular complexity index is 2160. The van der Waals surface area contributed by atoms with Gasteiger partial charge in [0.2, 0.25) is 5.91 Å². The molecule has 0 radical (unpaired) electrons. The molecular formula is C41H35N5O6S. The van der Waals surface area contributed by atoms with Gasteiger partial charge >= 0.3 is 0 Å². The van der Waals surface area contributed by atoms with Crippen LogP contribution in [0.3, 0.4) is 0 Å². The predicted molar refractivity (Wildman–Crippen MR) is 206 cm³/mol. The molecule has 0 spiro atoms. The molecule has 0 bridgehead atoms. The molecule has 1 atom stereocenters. The van der Waals surface area contributed by atoms with Gasteiger partial charge in [-0.3, -0.25) is 19.2 Å². The molecule has 0 saturated heterocycles. The third kappa shape index (κ3) is 9.18. The van der Waals surface area contributed by atoms with Crippen molar-refractivity contribution in [3.8, 4) is 11.5 Å². The molecule has 1 unspecified atom stereocenters. The second-order valence-electron chi connectivity index (χ2n) is 11.6. The number of amidine groups is 1. The van der Waals surface area contributed by atoms with E-state index in [9.17, 15) is 19.2 Å². The fourth-order valence-electron chi connectivity index (χ4n) is 5.37. The Kier molecular flexibility index (Phi) is 11.6. The molecule has 1 aliphatic heterocycles. The summed E-state index contributed by atoms with van der Waals surface area (Å²) in [6, 6.07) is 39.0. The summed E-state index contributed by atoms with van der Waals surface area (Å²) in [5.74, 6) is -0.323. The third-order valence-electron chi connectivity index (χ3n) is 8.02. The molecule has 1 heterocycles. The van der Waals surface area contributed by atoms with E-state index in [2.05, 4.69) is 21.1 Å². The van der Waals surface area contributed by atoms with Gasteiger partial charge in [0.25, 0.3) is 17.7 Å². The molecule has 0 fully saturated rings. The Morgan fingerprint density at radius 3 is 2.11 bits per heavy atom. The summed E-state index contributed by atoms with van der Waals surface area (Å²) in [5.41, 5.74) is 2.75. The molecule has 0 aliphatic carbocycles. The number of benzene rings is 5. The maximum atomic E-state index is 13.7. The number of hydrogen-bond acceptors (Lipinski definition) is 8. The van der Waals surface area contributed by atoms with Crippen LogP contribution in [0.4, 0.5) is 11.4 Å². The molecule has 0 aromatic heterocycles. The lowest BCUT2D eigenvalue weighted by Crippen LogP contribution is -2.33. The van der Waals surface area contributed by atoms with Crippen LogP contribution in [-0.2, 0) is 14.4 Å². The standard InChI is InChI=1S/C41H35N5O6S/c1-51-32-21-18-29(35(25-32)52-2)24-34(43-39(48)28-14-8-4-9-15-28)40(49)42-30-19-22-33(23-20-30)53-38(27-12-6-3-7-13-27)41(50)44-36-26-37(47)46(45-36)31-16-10-5-11-17-31/h3-25,38H,26H2,1-2H3,(H,42,49)(H,43,48)(H,44,45,50)/b34-24-. The van der Waals surface area contributed by atoms with Crippen molar-refractivity contribution in [2.24, 2.45) is 5.10 Å². The van der Waals surface area contributed by atoms with Gasteiger partial charge in [-0.05, 0) is 72.3 Å². The van der Waals surface area contributed by atoms with Gasteiger partial charge in [-0.2, -0.15) is 10.1 Å². The van der Waals surface area contributed by atoms with Crippen LogP contribution in [0.15, 0.2) is 149 Å². The number of ether oxygens (including phenoxy) is 2. The third-order valence-corrected chi connectivity index (χ3v) is 9.29. The van der Waals surface area contributed by atoms with Crippen molar-refractivity contribution in [2.75, 3.05) is 24.5 Å². The van der Waals surface area contributed by atoms with Gasteiger partial charge in [-0.25, -0.2) is 0 Å². The smallest absolute Gasteiger partial charge is 0.272 e. The summed E-state index contributed by atoms with van der Waals surface area (Å²) in [6.45, 7) is 0. The molecule has 0 saturated carbocycles. The van der Waals surface area contributed by atoms with Gasteiger partial charge in [0.15, 0.2) is 0 Å². The topological polar surface area (TPSA) is 138 Å². The second kappa shape index (κ2) is 17.0. The minimum atomic E-state index is -0.678. The van der Waals surface area contributed by atoms with Gasteiger partial charge in [0.05, 0.1) is 26.3 Å². The molecular weight excluding hydrogens is 691 g/mol. The van der Waals surface area contributed by atoms with E-state index < -0.39 is 17.1 Å².